The van der Waals surface area contributed by atoms with Crippen LogP contribution in [-0.2, 0) is 11.3 Å². The molecule has 5 rings (SSSR count). The van der Waals surface area contributed by atoms with Gasteiger partial charge in [0.2, 0.25) is 5.88 Å². The van der Waals surface area contributed by atoms with Crippen LogP contribution in [0.4, 0.5) is 4.79 Å². The van der Waals surface area contributed by atoms with E-state index in [1.165, 1.54) is 4.90 Å². The second-order valence-corrected chi connectivity index (χ2v) is 10.4. The van der Waals surface area contributed by atoms with E-state index in [0.29, 0.717) is 11.7 Å². The van der Waals surface area contributed by atoms with Crippen molar-refractivity contribution in [2.75, 3.05) is 0 Å². The predicted octanol–water partition coefficient (Wildman–Crippen LogP) is 5.15. The number of hydrogen-bond donors (Lipinski definition) is 0. The molecule has 0 radical (unpaired) electrons. The number of carbonyl (C=O) groups is 1. The van der Waals surface area contributed by atoms with Crippen molar-refractivity contribution in [1.82, 2.24) is 29.9 Å². The quantitative estimate of drug-likeness (QED) is 0.365. The lowest BCUT2D eigenvalue weighted by Crippen LogP contribution is -2.37. The van der Waals surface area contributed by atoms with Crippen molar-refractivity contribution in [2.45, 2.75) is 76.1 Å². The Hall–Kier alpha value is -3.20. The van der Waals surface area contributed by atoms with E-state index in [9.17, 15) is 4.79 Å². The molecule has 1 unspecified atom stereocenters. The van der Waals surface area contributed by atoms with Crippen molar-refractivity contribution < 1.29 is 14.3 Å². The van der Waals surface area contributed by atoms with Crippen molar-refractivity contribution in [3.63, 3.8) is 0 Å². The molecule has 184 valence electrons. The summed E-state index contributed by atoms with van der Waals surface area (Å²) in [7, 11) is 0. The van der Waals surface area contributed by atoms with E-state index in [1.807, 2.05) is 57.2 Å². The molecule has 2 aromatic heterocycles. The molecule has 1 atom stereocenters. The molecule has 1 aliphatic carbocycles. The molecule has 1 aliphatic heterocycles. The summed E-state index contributed by atoms with van der Waals surface area (Å²) >= 11 is 6.86. The highest BCUT2D eigenvalue weighted by atomic mass is 35.5. The Morgan fingerprint density at radius 1 is 1.03 bits per heavy atom. The predicted molar refractivity (Wildman–Crippen MR) is 129 cm³/mol. The maximum absolute atomic E-state index is 13.0. The van der Waals surface area contributed by atoms with Crippen molar-refractivity contribution >= 4 is 17.7 Å². The maximum atomic E-state index is 13.0. The molecule has 1 amide bonds. The van der Waals surface area contributed by atoms with E-state index in [-0.39, 0.29) is 18.6 Å². The number of carbonyl (C=O) groups excluding carboxylic acids is 1. The van der Waals surface area contributed by atoms with Crippen LogP contribution in [0.1, 0.15) is 75.1 Å². The number of ether oxygens (including phenoxy) is 2. The van der Waals surface area contributed by atoms with Crippen molar-refractivity contribution in [3.8, 4) is 11.6 Å². The van der Waals surface area contributed by atoms with Gasteiger partial charge >= 0.3 is 6.09 Å². The van der Waals surface area contributed by atoms with Crippen LogP contribution in [-0.4, -0.2) is 47.7 Å². The molecule has 0 saturated heterocycles. The first-order valence-electron chi connectivity index (χ1n) is 11.9. The molecular formula is C25H29ClN6O3. The van der Waals surface area contributed by atoms with Gasteiger partial charge in [-0.2, -0.15) is 5.10 Å². The van der Waals surface area contributed by atoms with Crippen LogP contribution >= 0.6 is 11.6 Å². The third kappa shape index (κ3) is 4.96. The number of alkyl halides is 1. The first-order valence-corrected chi connectivity index (χ1v) is 12.4. The van der Waals surface area contributed by atoms with E-state index in [4.69, 9.17) is 21.1 Å². The molecule has 2 aliphatic rings. The molecule has 0 spiro atoms. The van der Waals surface area contributed by atoms with Crippen LogP contribution < -0.4 is 4.74 Å². The number of benzene rings is 1. The summed E-state index contributed by atoms with van der Waals surface area (Å²) in [6.45, 7) is 5.72. The number of fused-ring (bicyclic) bond motifs is 3. The Balaban J connectivity index is 1.41. The number of hydrogen-bond acceptors (Lipinski definition) is 7. The molecule has 10 heteroatoms. The average molecular weight is 497 g/mol. The van der Waals surface area contributed by atoms with E-state index >= 15 is 0 Å². The van der Waals surface area contributed by atoms with Crippen LogP contribution in [0, 0.1) is 0 Å². The van der Waals surface area contributed by atoms with Crippen LogP contribution in [0.15, 0.2) is 42.6 Å². The summed E-state index contributed by atoms with van der Waals surface area (Å²) in [5, 5.41) is 17.0. The Bertz CT molecular complexity index is 1190. The normalized spacial score (nSPS) is 22.1. The molecule has 1 fully saturated rings. The van der Waals surface area contributed by atoms with Gasteiger partial charge in [0, 0.05) is 23.7 Å². The minimum absolute atomic E-state index is 0.0941. The summed E-state index contributed by atoms with van der Waals surface area (Å²) in [5.41, 5.74) is 0.391. The Morgan fingerprint density at radius 2 is 1.80 bits per heavy atom. The molecule has 1 saturated carbocycles. The third-order valence-corrected chi connectivity index (χ3v) is 6.75. The molecule has 9 nitrogen and oxygen atoms in total. The molecule has 0 N–H and O–H groups in total. The van der Waals surface area contributed by atoms with Gasteiger partial charge in [0.25, 0.3) is 0 Å². The zero-order valence-corrected chi connectivity index (χ0v) is 20.9. The molecule has 35 heavy (non-hydrogen) atoms. The highest BCUT2D eigenvalue weighted by Crippen LogP contribution is 2.40. The lowest BCUT2D eigenvalue weighted by molar-refractivity contribution is 0.0201. The Labute approximate surface area is 209 Å². The molecule has 0 bridgehead atoms. The first-order chi connectivity index (χ1) is 16.8. The highest BCUT2D eigenvalue weighted by Gasteiger charge is 2.37. The fraction of sp³-hybridized carbons (Fsp3) is 0.480. The van der Waals surface area contributed by atoms with Crippen LogP contribution in [0.2, 0.25) is 0 Å². The van der Waals surface area contributed by atoms with Gasteiger partial charge in [0.15, 0.2) is 5.82 Å². The third-order valence-electron chi connectivity index (χ3n) is 6.28. The van der Waals surface area contributed by atoms with Crippen LogP contribution in [0.5, 0.6) is 5.88 Å². The molecule has 3 aromatic rings. The molecule has 3 heterocycles. The smallest absolute Gasteiger partial charge is 0.412 e. The monoisotopic (exact) mass is 496 g/mol. The summed E-state index contributed by atoms with van der Waals surface area (Å²) < 4.78 is 13.7. The van der Waals surface area contributed by atoms with E-state index < -0.39 is 17.2 Å². The minimum Gasteiger partial charge on any atom is -0.473 e. The number of halogens is 1. The number of rotatable bonds is 3. The maximum Gasteiger partial charge on any atom is 0.412 e. The Morgan fingerprint density at radius 3 is 2.51 bits per heavy atom. The second-order valence-electron chi connectivity index (χ2n) is 9.97. The highest BCUT2D eigenvalue weighted by molar-refractivity contribution is 6.21. The van der Waals surface area contributed by atoms with Crippen molar-refractivity contribution in [3.05, 3.63) is 59.8 Å². The van der Waals surface area contributed by atoms with Gasteiger partial charge in [-0.3, -0.25) is 9.47 Å². The summed E-state index contributed by atoms with van der Waals surface area (Å²) in [6.07, 6.45) is 4.83. The Kier molecular flexibility index (Phi) is 6.35. The zero-order chi connectivity index (χ0) is 24.6. The minimum atomic E-state index is -0.688. The first kappa shape index (κ1) is 23.5. The lowest BCUT2D eigenvalue weighted by Gasteiger charge is -2.29. The second kappa shape index (κ2) is 9.45. The molecular weight excluding hydrogens is 468 g/mol. The van der Waals surface area contributed by atoms with E-state index in [2.05, 4.69) is 25.0 Å². The van der Waals surface area contributed by atoms with E-state index in [0.717, 1.165) is 42.8 Å². The van der Waals surface area contributed by atoms with Gasteiger partial charge in [0.05, 0.1) is 12.2 Å². The summed E-state index contributed by atoms with van der Waals surface area (Å²) in [5.74, 6) is 2.32. The summed E-state index contributed by atoms with van der Waals surface area (Å²) in [4.78, 5) is 14.5. The van der Waals surface area contributed by atoms with Gasteiger partial charge in [-0.15, -0.1) is 15.3 Å². The number of nitrogens with zero attached hydrogens (tertiary/aromatic N) is 6. The number of amides is 1. The number of para-hydroxylation sites is 1. The SMILES string of the molecule is CC(C)(C)OC(=O)N1Cc2nnc(C3CCC(Oc4cccnn4)CC3)n2-c2ccccc2C1Cl. The van der Waals surface area contributed by atoms with E-state index in [1.54, 1.807) is 6.20 Å². The largest absolute Gasteiger partial charge is 0.473 e. The average Bonchev–Trinajstić information content (AvgIpc) is 3.20. The fourth-order valence-corrected chi connectivity index (χ4v) is 5.02. The number of aromatic nitrogens is 5. The van der Waals surface area contributed by atoms with Crippen LogP contribution in [0.25, 0.3) is 5.69 Å². The van der Waals surface area contributed by atoms with Gasteiger partial charge in [-0.05, 0) is 58.6 Å². The van der Waals surface area contributed by atoms with Gasteiger partial charge < -0.3 is 9.47 Å². The fourth-order valence-electron chi connectivity index (χ4n) is 4.69. The topological polar surface area (TPSA) is 95.3 Å². The zero-order valence-electron chi connectivity index (χ0n) is 20.1. The van der Waals surface area contributed by atoms with Crippen molar-refractivity contribution in [2.24, 2.45) is 0 Å². The van der Waals surface area contributed by atoms with Crippen LogP contribution in [0.3, 0.4) is 0 Å². The van der Waals surface area contributed by atoms with Crippen molar-refractivity contribution in [1.29, 1.82) is 0 Å². The molecule has 1 aromatic carbocycles. The van der Waals surface area contributed by atoms with Gasteiger partial charge in [-0.25, -0.2) is 4.79 Å². The standard InChI is InChI=1S/C25H29ClN6O3/c1-25(2,3)35-24(33)31-15-20-28-30-23(32(20)19-8-5-4-7-18(19)22(31)26)16-10-12-17(13-11-16)34-21-9-6-14-27-29-21/h4-9,14,16-17,22H,10-13,15H2,1-3H3. The summed E-state index contributed by atoms with van der Waals surface area (Å²) in [6, 6.07) is 11.5. The van der Waals surface area contributed by atoms with Gasteiger partial charge in [0.1, 0.15) is 23.0 Å². The lowest BCUT2D eigenvalue weighted by atomic mass is 9.86. The van der Waals surface area contributed by atoms with Gasteiger partial charge in [-0.1, -0.05) is 29.8 Å².